The van der Waals surface area contributed by atoms with E-state index in [1.807, 2.05) is 84.9 Å². The zero-order valence-electron chi connectivity index (χ0n) is 72.0. The number of aliphatic hydroxyl groups is 1. The molecule has 0 bridgehead atoms. The molecule has 3 heterocycles. The second-order valence-electron chi connectivity index (χ2n) is 33.5. The first-order valence-electron chi connectivity index (χ1n) is 41.9. The zero-order valence-corrected chi connectivity index (χ0v) is 72.0. The Morgan fingerprint density at radius 3 is 0.653 bits per heavy atom. The van der Waals surface area contributed by atoms with Gasteiger partial charge < -0.3 is 14.6 Å². The highest BCUT2D eigenvalue weighted by Crippen LogP contribution is 2.45. The second kappa shape index (κ2) is 46.9. The Hall–Kier alpha value is -10.8. The number of carbonyl (C=O) groups is 9. The Labute approximate surface area is 700 Å². The maximum Gasteiger partial charge on any atom is 0.560 e. The van der Waals surface area contributed by atoms with Gasteiger partial charge in [0.05, 0.1) is 6.10 Å². The summed E-state index contributed by atoms with van der Waals surface area (Å²) < 4.78 is 11.9. The molecule has 630 valence electrons. The van der Waals surface area contributed by atoms with Crippen LogP contribution in [0.1, 0.15) is 255 Å². The van der Waals surface area contributed by atoms with Crippen molar-refractivity contribution in [1.29, 1.82) is 0 Å². The smallest absolute Gasteiger partial charge is 0.461 e. The normalized spacial score (nSPS) is 16.3. The number of ether oxygens (including phenoxy) is 2. The van der Waals surface area contributed by atoms with Gasteiger partial charge >= 0.3 is 18.3 Å². The summed E-state index contributed by atoms with van der Waals surface area (Å²) in [6.07, 6.45) is -2.62. The van der Waals surface area contributed by atoms with Gasteiger partial charge in [-0.3, -0.25) is 48.1 Å². The van der Waals surface area contributed by atoms with Crippen molar-refractivity contribution in [3.8, 4) is 0 Å². The first kappa shape index (κ1) is 94.3. The molecule has 0 radical (unpaired) electrons. The van der Waals surface area contributed by atoms with Gasteiger partial charge in [0.1, 0.15) is 12.2 Å². The van der Waals surface area contributed by atoms with Crippen LogP contribution in [0.4, 0.5) is 9.59 Å². The summed E-state index contributed by atoms with van der Waals surface area (Å²) in [7, 11) is 0. The summed E-state index contributed by atoms with van der Waals surface area (Å²) in [5.41, 5.74) is 9.97. The van der Waals surface area contributed by atoms with Gasteiger partial charge in [-0.25, -0.2) is 4.79 Å². The quantitative estimate of drug-likeness (QED) is 0.0339. The first-order valence-corrected chi connectivity index (χ1v) is 41.9. The van der Waals surface area contributed by atoms with Crippen LogP contribution in [-0.4, -0.2) is 92.3 Å². The van der Waals surface area contributed by atoms with E-state index in [0.717, 1.165) is 11.1 Å². The van der Waals surface area contributed by atoms with Gasteiger partial charge in [-0.05, 0) is 110 Å². The second-order valence-corrected chi connectivity index (χ2v) is 33.5. The van der Waals surface area contributed by atoms with Crippen molar-refractivity contribution in [3.63, 3.8) is 0 Å². The number of hydrogen-bond donors (Lipinski definition) is 1. The molecular weight excluding hydrogens is 1480 g/mol. The maximum absolute atomic E-state index is 12.8. The molecule has 0 saturated carbocycles. The lowest BCUT2D eigenvalue weighted by Crippen LogP contribution is -2.39. The largest absolute Gasteiger partial charge is 0.560 e. The molecule has 1 N–H and O–H groups in total. The van der Waals surface area contributed by atoms with Crippen LogP contribution >= 0.6 is 0 Å². The molecule has 3 aliphatic heterocycles. The average Bonchev–Trinajstić information content (AvgIpc) is 0.965. The molecule has 6 amide bonds. The van der Waals surface area contributed by atoms with Gasteiger partial charge in [0.2, 0.25) is 0 Å². The average molecular weight is 1610 g/mol. The molecule has 0 spiro atoms. The van der Waals surface area contributed by atoms with Gasteiger partial charge in [-0.15, -0.1) is 0 Å². The molecular formula is C100H125N3O15. The molecule has 3 saturated heterocycles. The van der Waals surface area contributed by atoms with Crippen LogP contribution in [0.2, 0.25) is 0 Å². The Kier molecular flexibility index (Phi) is 37.5. The van der Waals surface area contributed by atoms with Crippen molar-refractivity contribution < 1.29 is 72.2 Å². The van der Waals surface area contributed by atoms with Crippen molar-refractivity contribution in [2.24, 2.45) is 47.3 Å². The predicted octanol–water partition coefficient (Wildman–Crippen LogP) is 22.0. The molecule has 18 nitrogen and oxygen atoms in total. The summed E-state index contributed by atoms with van der Waals surface area (Å²) in [6, 6.07) is 83.6. The Balaban J connectivity index is 0.000000206. The van der Waals surface area contributed by atoms with Crippen molar-refractivity contribution in [2.75, 3.05) is 0 Å². The monoisotopic (exact) mass is 1610 g/mol. The molecule has 0 aromatic heterocycles. The summed E-state index contributed by atoms with van der Waals surface area (Å²) >= 11 is 0. The van der Waals surface area contributed by atoms with E-state index in [-0.39, 0.29) is 114 Å². The molecule has 8 aromatic carbocycles. The summed E-state index contributed by atoms with van der Waals surface area (Å²) in [5, 5.41) is 12.3. The van der Waals surface area contributed by atoms with Crippen LogP contribution in [0.25, 0.3) is 0 Å². The fraction of sp³-hybridized carbons (Fsp3) is 0.430. The summed E-state index contributed by atoms with van der Waals surface area (Å²) in [5.74, 6) is 0.703. The maximum atomic E-state index is 12.8. The highest BCUT2D eigenvalue weighted by Gasteiger charge is 2.43. The van der Waals surface area contributed by atoms with Crippen LogP contribution in [-0.2, 0) is 57.5 Å². The Morgan fingerprint density at radius 1 is 0.271 bits per heavy atom. The number of hydrogen-bond acceptors (Lipinski definition) is 15. The molecule has 8 aromatic rings. The van der Waals surface area contributed by atoms with Crippen LogP contribution < -0.4 is 0 Å². The summed E-state index contributed by atoms with van der Waals surface area (Å²) in [6.45, 7) is 36.9. The molecule has 0 aliphatic carbocycles. The number of nitrogens with zero attached hydrogens (tertiary/aromatic N) is 3. The lowest BCUT2D eigenvalue weighted by atomic mass is 9.73. The van der Waals surface area contributed by atoms with E-state index in [1.54, 1.807) is 0 Å². The molecule has 3 aliphatic rings. The van der Waals surface area contributed by atoms with E-state index >= 15 is 0 Å². The number of esters is 1. The fourth-order valence-corrected chi connectivity index (χ4v) is 16.6. The minimum atomic E-state index is -1.48. The number of hydroxylamine groups is 6. The minimum absolute atomic E-state index is 0.0345. The molecule has 11 rings (SSSR count). The Morgan fingerprint density at radius 2 is 0.458 bits per heavy atom. The number of benzene rings is 8. The highest BCUT2D eigenvalue weighted by molar-refractivity contribution is 6.03. The minimum Gasteiger partial charge on any atom is -0.461 e. The number of aliphatic hydroxyl groups excluding tert-OH is 1. The van der Waals surface area contributed by atoms with Crippen LogP contribution in [0.3, 0.4) is 0 Å². The van der Waals surface area contributed by atoms with Crippen LogP contribution in [0, 0.1) is 47.3 Å². The molecule has 3 fully saturated rings. The molecule has 8 atom stereocenters. The third-order valence-electron chi connectivity index (χ3n) is 22.2. The number of rotatable bonds is 29. The van der Waals surface area contributed by atoms with E-state index in [1.165, 1.54) is 46.7 Å². The number of carbonyl (C=O) groups excluding carboxylic acids is 9. The van der Waals surface area contributed by atoms with Gasteiger partial charge in [-0.2, -0.15) is 4.79 Å². The lowest BCUT2D eigenvalue weighted by molar-refractivity contribution is -0.198. The molecule has 8 unspecified atom stereocenters. The van der Waals surface area contributed by atoms with Gasteiger partial charge in [0.25, 0.3) is 35.4 Å². The zero-order chi connectivity index (χ0) is 86.3. The van der Waals surface area contributed by atoms with Crippen LogP contribution in [0.15, 0.2) is 243 Å². The number of amides is 6. The summed E-state index contributed by atoms with van der Waals surface area (Å²) in [4.78, 5) is 118. The third kappa shape index (κ3) is 27.4. The van der Waals surface area contributed by atoms with E-state index < -0.39 is 53.9 Å². The lowest BCUT2D eigenvalue weighted by Gasteiger charge is -2.38. The fourth-order valence-electron chi connectivity index (χ4n) is 16.6. The molecule has 18 heteroatoms. The van der Waals surface area contributed by atoms with Crippen LogP contribution in [0.5, 0.6) is 0 Å². The topological polar surface area (TPSA) is 230 Å². The van der Waals surface area contributed by atoms with Crippen molar-refractivity contribution in [2.45, 2.75) is 228 Å². The van der Waals surface area contributed by atoms with E-state index in [2.05, 4.69) is 278 Å². The van der Waals surface area contributed by atoms with Crippen molar-refractivity contribution >= 4 is 53.7 Å². The predicted molar refractivity (Wildman–Crippen MR) is 461 cm³/mol. The van der Waals surface area contributed by atoms with Gasteiger partial charge in [-0.1, -0.05) is 369 Å². The Bertz CT molecular complexity index is 4100. The van der Waals surface area contributed by atoms with E-state index in [9.17, 15) is 48.3 Å². The van der Waals surface area contributed by atoms with Gasteiger partial charge in [0.15, 0.2) is 0 Å². The molecule has 118 heavy (non-hydrogen) atoms. The van der Waals surface area contributed by atoms with Crippen molar-refractivity contribution in [3.05, 3.63) is 287 Å². The standard InChI is InChI=1S/C26H31NO5.C23H30O2.C21H28O.C21H28.C9H8N2O7/c1-17(2)23(19-11-7-5-8-12-19)25(24(18(3)4)20-13-9-6-10-14-20)31-26(30)32-27-21(28)15-16-22(27)29;1-16(2)21(19-12-8-6-9-13-19)23(25-18(5)24)22(17(3)4)20-14-10-7-11-15-20;1-15(2)19(17-11-7-5-8-12-17)21(22)20(16(3)4)18-13-9-6-10-14-18;1-16(2)20(18-11-7-5-8-12-18)15-21(17(3)4)19-13-9-6-10-14-19;12-5-1-2-6(13)10(5)17-9(16)18-11-7(14)3-4-8(11)15/h5-14,17-18,23-25H,15-16H2,1-4H3;6-17,21-23H,1-5H3;5-16,19-22H,1-4H3;5-14,16-17,20-21H,15H2,1-4H3;1-4H2. The SMILES string of the molecule is CC(=O)OC(C(c1ccccc1)C(C)C)C(c1ccccc1)C(C)C.CC(C)C(CC(c1ccccc1)C(C)C)c1ccccc1.CC(C)C(c1ccccc1)C(O)C(c1ccccc1)C(C)C.CC(C)C(c1ccccc1)C(OC(=O)ON1C(=O)CCC1=O)C(c1ccccc1)C(C)C.O=C(ON1C(=O)CCC1=O)ON1C(=O)CCC1=O. The van der Waals surface area contributed by atoms with Crippen molar-refractivity contribution in [1.82, 2.24) is 15.2 Å². The third-order valence-corrected chi connectivity index (χ3v) is 22.2. The van der Waals surface area contributed by atoms with E-state index in [0.29, 0.717) is 52.4 Å². The van der Waals surface area contributed by atoms with Gasteiger partial charge in [0, 0.05) is 81.0 Å². The number of imide groups is 3. The first-order chi connectivity index (χ1) is 56.3. The van der Waals surface area contributed by atoms with E-state index in [4.69, 9.17) is 14.3 Å². The highest BCUT2D eigenvalue weighted by atomic mass is 16.9.